The topological polar surface area (TPSA) is 59.1 Å². The number of ether oxygens (including phenoxy) is 2. The molecule has 1 aliphatic rings. The van der Waals surface area contributed by atoms with E-state index in [0.717, 1.165) is 0 Å². The maximum Gasteiger partial charge on any atom is 0.248 e. The lowest BCUT2D eigenvalue weighted by atomic mass is 10.0. The number of likely N-dealkylation sites (N-methyl/N-ethyl adjacent to an activating group) is 1. The minimum Gasteiger partial charge on any atom is -0.369 e. The van der Waals surface area contributed by atoms with Crippen LogP contribution in [0.2, 0.25) is 0 Å². The Hall–Kier alpha value is -1.40. The molecule has 0 N–H and O–H groups in total. The van der Waals surface area contributed by atoms with Crippen LogP contribution in [0, 0.1) is 0 Å². The lowest BCUT2D eigenvalue weighted by Crippen LogP contribution is -2.55. The summed E-state index contributed by atoms with van der Waals surface area (Å²) in [5.74, 6) is 0.0135. The molecule has 0 aliphatic carbocycles. The van der Waals surface area contributed by atoms with Crippen LogP contribution < -0.4 is 0 Å². The van der Waals surface area contributed by atoms with E-state index >= 15 is 0 Å². The number of carbonyl (C=O) groups excluding carboxylic acids is 2. The molecule has 126 valence electrons. The van der Waals surface area contributed by atoms with Gasteiger partial charge < -0.3 is 19.3 Å². The number of hydrogen-bond donors (Lipinski definition) is 0. The number of rotatable bonds is 7. The van der Waals surface area contributed by atoms with Crippen molar-refractivity contribution in [3.8, 4) is 0 Å². The maximum absolute atomic E-state index is 12.2. The van der Waals surface area contributed by atoms with Gasteiger partial charge in [0.05, 0.1) is 18.3 Å². The summed E-state index contributed by atoms with van der Waals surface area (Å²) in [5.41, 5.74) is -0.415. The fourth-order valence-electron chi connectivity index (χ4n) is 2.36. The van der Waals surface area contributed by atoms with Crippen molar-refractivity contribution in [2.75, 3.05) is 40.4 Å². The summed E-state index contributed by atoms with van der Waals surface area (Å²) in [7, 11) is 3.37. The second-order valence-electron chi connectivity index (χ2n) is 6.40. The first-order valence-electron chi connectivity index (χ1n) is 7.59. The van der Waals surface area contributed by atoms with Crippen molar-refractivity contribution in [2.24, 2.45) is 0 Å². The largest absolute Gasteiger partial charge is 0.369 e. The molecule has 1 saturated heterocycles. The summed E-state index contributed by atoms with van der Waals surface area (Å²) in [6.07, 6.45) is 2.67. The van der Waals surface area contributed by atoms with Gasteiger partial charge in [0.2, 0.25) is 11.8 Å². The summed E-state index contributed by atoms with van der Waals surface area (Å²) in [5, 5.41) is 0. The van der Waals surface area contributed by atoms with E-state index in [1.165, 1.54) is 4.90 Å². The highest BCUT2D eigenvalue weighted by atomic mass is 16.6. The Bertz CT molecular complexity index is 407. The van der Waals surface area contributed by atoms with Crippen molar-refractivity contribution in [3.63, 3.8) is 0 Å². The Morgan fingerprint density at radius 3 is 2.73 bits per heavy atom. The Kier molecular flexibility index (Phi) is 7.03. The van der Waals surface area contributed by atoms with Crippen molar-refractivity contribution >= 4 is 11.8 Å². The average molecular weight is 312 g/mol. The molecule has 6 nitrogen and oxygen atoms in total. The predicted octanol–water partition coefficient (Wildman–Crippen LogP) is 1.06. The first-order valence-corrected chi connectivity index (χ1v) is 7.59. The average Bonchev–Trinajstić information content (AvgIpc) is 2.42. The van der Waals surface area contributed by atoms with Crippen LogP contribution in [0.5, 0.6) is 0 Å². The third-order valence-corrected chi connectivity index (χ3v) is 3.42. The van der Waals surface area contributed by atoms with Gasteiger partial charge in [-0.2, -0.15) is 0 Å². The monoisotopic (exact) mass is 312 g/mol. The van der Waals surface area contributed by atoms with E-state index in [1.54, 1.807) is 20.2 Å². The quantitative estimate of drug-likeness (QED) is 0.660. The lowest BCUT2D eigenvalue weighted by Gasteiger charge is -2.42. The molecule has 0 spiro atoms. The lowest BCUT2D eigenvalue weighted by molar-refractivity contribution is -0.172. The van der Waals surface area contributed by atoms with Gasteiger partial charge in [0, 0.05) is 33.6 Å². The van der Waals surface area contributed by atoms with Gasteiger partial charge in [-0.05, 0) is 20.3 Å². The van der Waals surface area contributed by atoms with Crippen LogP contribution in [0.1, 0.15) is 26.7 Å². The van der Waals surface area contributed by atoms with Gasteiger partial charge in [-0.25, -0.2) is 0 Å². The van der Waals surface area contributed by atoms with Gasteiger partial charge in [0.1, 0.15) is 6.61 Å². The molecule has 0 radical (unpaired) electrons. The predicted molar refractivity (Wildman–Crippen MR) is 84.5 cm³/mol. The number of amides is 2. The van der Waals surface area contributed by atoms with E-state index in [4.69, 9.17) is 9.47 Å². The molecule has 1 heterocycles. The van der Waals surface area contributed by atoms with Gasteiger partial charge in [0.15, 0.2) is 0 Å². The highest BCUT2D eigenvalue weighted by Crippen LogP contribution is 2.22. The van der Waals surface area contributed by atoms with Crippen LogP contribution >= 0.6 is 0 Å². The molecule has 0 aromatic rings. The first kappa shape index (κ1) is 18.6. The van der Waals surface area contributed by atoms with E-state index < -0.39 is 5.60 Å². The molecule has 0 bridgehead atoms. The molecule has 1 atom stereocenters. The molecule has 1 fully saturated rings. The zero-order valence-corrected chi connectivity index (χ0v) is 14.1. The van der Waals surface area contributed by atoms with Crippen LogP contribution in [0.15, 0.2) is 12.7 Å². The number of allylic oxidation sites excluding steroid dienone is 1. The number of carbonyl (C=O) groups is 2. The number of morpholine rings is 1. The fourth-order valence-corrected chi connectivity index (χ4v) is 2.36. The van der Waals surface area contributed by atoms with E-state index in [9.17, 15) is 9.59 Å². The highest BCUT2D eigenvalue weighted by molar-refractivity contribution is 5.77. The van der Waals surface area contributed by atoms with Gasteiger partial charge in [-0.1, -0.05) is 6.08 Å². The third kappa shape index (κ3) is 6.15. The Morgan fingerprint density at radius 2 is 2.14 bits per heavy atom. The molecule has 0 saturated carbocycles. The fraction of sp³-hybridized carbons (Fsp3) is 0.750. The molecule has 6 heteroatoms. The molecule has 0 aromatic heterocycles. The minimum atomic E-state index is -0.415. The molecule has 0 aromatic carbocycles. The summed E-state index contributed by atoms with van der Waals surface area (Å²) in [6.45, 7) is 8.94. The molecular weight excluding hydrogens is 284 g/mol. The maximum atomic E-state index is 12.2. The smallest absolute Gasteiger partial charge is 0.248 e. The Morgan fingerprint density at radius 1 is 1.45 bits per heavy atom. The van der Waals surface area contributed by atoms with Crippen molar-refractivity contribution in [3.05, 3.63) is 12.7 Å². The Labute approximate surface area is 133 Å². The summed E-state index contributed by atoms with van der Waals surface area (Å²) in [6, 6.07) is 0. The van der Waals surface area contributed by atoms with Crippen LogP contribution in [-0.2, 0) is 19.1 Å². The van der Waals surface area contributed by atoms with E-state index in [-0.39, 0.29) is 24.5 Å². The standard InChI is InChI=1S/C16H28N2O4/c1-6-7-8-14(19)18-9-13(22-16(2,3)12-18)10-21-11-15(20)17(4)5/h6,13H,1,7-12H2,2-5H3/t13-/m1/s1. The van der Waals surface area contributed by atoms with E-state index in [1.807, 2.05) is 18.7 Å². The van der Waals surface area contributed by atoms with Gasteiger partial charge in [-0.15, -0.1) is 6.58 Å². The Balaban J connectivity index is 2.51. The molecular formula is C16H28N2O4. The van der Waals surface area contributed by atoms with E-state index in [2.05, 4.69) is 6.58 Å². The zero-order valence-electron chi connectivity index (χ0n) is 14.1. The number of hydrogen-bond acceptors (Lipinski definition) is 4. The van der Waals surface area contributed by atoms with Crippen LogP contribution in [-0.4, -0.2) is 73.7 Å². The van der Waals surface area contributed by atoms with Crippen LogP contribution in [0.4, 0.5) is 0 Å². The molecule has 22 heavy (non-hydrogen) atoms. The summed E-state index contributed by atoms with van der Waals surface area (Å²) in [4.78, 5) is 27.0. The van der Waals surface area contributed by atoms with E-state index in [0.29, 0.717) is 32.5 Å². The number of nitrogens with zero attached hydrogens (tertiary/aromatic N) is 2. The van der Waals surface area contributed by atoms with Gasteiger partial charge in [-0.3, -0.25) is 9.59 Å². The molecule has 1 aliphatic heterocycles. The van der Waals surface area contributed by atoms with Gasteiger partial charge in [0.25, 0.3) is 0 Å². The zero-order chi connectivity index (χ0) is 16.8. The van der Waals surface area contributed by atoms with Crippen LogP contribution in [0.3, 0.4) is 0 Å². The second-order valence-corrected chi connectivity index (χ2v) is 6.40. The molecule has 0 unspecified atom stereocenters. The van der Waals surface area contributed by atoms with Crippen molar-refractivity contribution in [1.82, 2.24) is 9.80 Å². The molecule has 2 amide bonds. The first-order chi connectivity index (χ1) is 10.2. The normalized spacial score (nSPS) is 20.5. The summed E-state index contributed by atoms with van der Waals surface area (Å²) < 4.78 is 11.4. The highest BCUT2D eigenvalue weighted by Gasteiger charge is 2.35. The minimum absolute atomic E-state index is 0.0255. The van der Waals surface area contributed by atoms with Crippen molar-refractivity contribution < 1.29 is 19.1 Å². The van der Waals surface area contributed by atoms with Crippen molar-refractivity contribution in [1.29, 1.82) is 0 Å². The second kappa shape index (κ2) is 8.29. The van der Waals surface area contributed by atoms with Crippen LogP contribution in [0.25, 0.3) is 0 Å². The third-order valence-electron chi connectivity index (χ3n) is 3.42. The SMILES string of the molecule is C=CCCC(=O)N1C[C@H](COCC(=O)N(C)C)OC(C)(C)C1. The summed E-state index contributed by atoms with van der Waals surface area (Å²) >= 11 is 0. The van der Waals surface area contributed by atoms with Crippen molar-refractivity contribution in [2.45, 2.75) is 38.4 Å². The molecule has 1 rings (SSSR count). The van der Waals surface area contributed by atoms with Gasteiger partial charge >= 0.3 is 0 Å².